The van der Waals surface area contributed by atoms with Crippen molar-refractivity contribution >= 4 is 23.1 Å². The number of hydrogen-bond acceptors (Lipinski definition) is 7. The van der Waals surface area contributed by atoms with E-state index in [2.05, 4.69) is 26.0 Å². The lowest BCUT2D eigenvalue weighted by atomic mass is 9.43. The summed E-state index contributed by atoms with van der Waals surface area (Å²) < 4.78 is 0. The van der Waals surface area contributed by atoms with E-state index < -0.39 is 56.8 Å². The normalized spacial score (nSPS) is 28.7. The lowest BCUT2D eigenvalue weighted by Crippen LogP contribution is -2.69. The first-order valence-corrected chi connectivity index (χ1v) is 15.1. The van der Waals surface area contributed by atoms with Crippen LogP contribution in [0.25, 0.3) is 16.9 Å². The molecular weight excluding hydrogens is 544 g/mol. The van der Waals surface area contributed by atoms with Crippen molar-refractivity contribution in [3.63, 3.8) is 0 Å². The van der Waals surface area contributed by atoms with Crippen molar-refractivity contribution < 1.29 is 34.8 Å². The molecule has 0 aliphatic heterocycles. The predicted molar refractivity (Wildman–Crippen MR) is 164 cm³/mol. The van der Waals surface area contributed by atoms with Gasteiger partial charge in [-0.3, -0.25) is 14.4 Å². The molecule has 2 aromatic carbocycles. The zero-order valence-corrected chi connectivity index (χ0v) is 26.0. The smallest absolute Gasteiger partial charge is 0.203 e. The van der Waals surface area contributed by atoms with Crippen molar-refractivity contribution in [3.05, 3.63) is 70.0 Å². The summed E-state index contributed by atoms with van der Waals surface area (Å²) in [6.07, 6.45) is 2.34. The molecule has 0 spiro atoms. The SMILES string of the molecule is CC(=O)C1=C(O)[C@]2(O)C(=O)C3=C(O)c4c(O)ccc(-c5ccc(CCC(C)C)cc5)c4C[C@]3(C)C[C@]2(C)C(C(C)C)C1=O. The van der Waals surface area contributed by atoms with E-state index in [0.717, 1.165) is 30.9 Å². The van der Waals surface area contributed by atoms with Crippen LogP contribution in [0.4, 0.5) is 0 Å². The average Bonchev–Trinajstić information content (AvgIpc) is 2.89. The maximum Gasteiger partial charge on any atom is 0.203 e. The van der Waals surface area contributed by atoms with E-state index in [1.54, 1.807) is 26.8 Å². The first-order valence-electron chi connectivity index (χ1n) is 15.1. The first-order chi connectivity index (χ1) is 20.0. The lowest BCUT2D eigenvalue weighted by Gasteiger charge is -2.59. The van der Waals surface area contributed by atoms with Gasteiger partial charge in [0, 0.05) is 22.3 Å². The van der Waals surface area contributed by atoms with Gasteiger partial charge < -0.3 is 20.4 Å². The standard InChI is InChI=1S/C36H42O7/c1-18(2)8-9-21-10-12-22(13-11-21)23-14-15-25(38)27-24(23)16-34(6)17-35(7)28(19(3)4)30(39)26(20(5)37)32(41)36(35,43)33(42)29(34)31(27)40/h10-15,18-19,28,38,40-41,43H,8-9,16-17H2,1-7H3/t28?,34-,35-,36+/m1/s1. The molecule has 2 aromatic rings. The molecule has 4 atom stereocenters. The van der Waals surface area contributed by atoms with Crippen LogP contribution < -0.4 is 0 Å². The second kappa shape index (κ2) is 10.2. The molecule has 0 heterocycles. The summed E-state index contributed by atoms with van der Waals surface area (Å²) in [6.45, 7) is 12.5. The maximum atomic E-state index is 14.4. The van der Waals surface area contributed by atoms with E-state index in [0.29, 0.717) is 11.5 Å². The Morgan fingerprint density at radius 2 is 1.60 bits per heavy atom. The fraction of sp³-hybridized carbons (Fsp3) is 0.472. The van der Waals surface area contributed by atoms with Crippen LogP contribution in [-0.2, 0) is 27.2 Å². The first kappa shape index (κ1) is 30.7. The largest absolute Gasteiger partial charge is 0.508 e. The van der Waals surface area contributed by atoms with E-state index >= 15 is 0 Å². The molecule has 5 rings (SSSR count). The number of carbonyl (C=O) groups is 3. The Morgan fingerprint density at radius 1 is 0.977 bits per heavy atom. The molecule has 0 aromatic heterocycles. The van der Waals surface area contributed by atoms with Gasteiger partial charge in [-0.05, 0) is 72.8 Å². The number of phenols is 1. The van der Waals surface area contributed by atoms with Gasteiger partial charge >= 0.3 is 0 Å². The molecule has 0 saturated heterocycles. The monoisotopic (exact) mass is 586 g/mol. The fourth-order valence-electron chi connectivity index (χ4n) is 8.29. The van der Waals surface area contributed by atoms with Crippen molar-refractivity contribution in [2.75, 3.05) is 0 Å². The van der Waals surface area contributed by atoms with Gasteiger partial charge in [0.05, 0.1) is 5.56 Å². The third kappa shape index (κ3) is 4.30. The highest BCUT2D eigenvalue weighted by Crippen LogP contribution is 2.65. The molecule has 3 aliphatic rings. The van der Waals surface area contributed by atoms with Gasteiger partial charge in [0.2, 0.25) is 5.78 Å². The summed E-state index contributed by atoms with van der Waals surface area (Å²) in [4.78, 5) is 40.7. The van der Waals surface area contributed by atoms with Crippen LogP contribution in [0.15, 0.2) is 53.3 Å². The van der Waals surface area contributed by atoms with Crippen LogP contribution in [-0.4, -0.2) is 43.4 Å². The van der Waals surface area contributed by atoms with Crippen LogP contribution >= 0.6 is 0 Å². The van der Waals surface area contributed by atoms with Crippen molar-refractivity contribution in [1.29, 1.82) is 0 Å². The number of hydrogen-bond donors (Lipinski definition) is 4. The molecule has 7 nitrogen and oxygen atoms in total. The van der Waals surface area contributed by atoms with Crippen LogP contribution in [0.1, 0.15) is 78.0 Å². The maximum absolute atomic E-state index is 14.4. The number of Topliss-reactive ketones (excluding diaryl/α,β-unsaturated/α-hetero) is 3. The zero-order valence-electron chi connectivity index (χ0n) is 26.0. The van der Waals surface area contributed by atoms with Crippen LogP contribution in [0.3, 0.4) is 0 Å². The minimum atomic E-state index is -2.61. The number of fused-ring (bicyclic) bond motifs is 3. The summed E-state index contributed by atoms with van der Waals surface area (Å²) >= 11 is 0. The van der Waals surface area contributed by atoms with E-state index in [9.17, 15) is 34.8 Å². The summed E-state index contributed by atoms with van der Waals surface area (Å²) in [7, 11) is 0. The Balaban J connectivity index is 1.72. The minimum absolute atomic E-state index is 0.0636. The highest BCUT2D eigenvalue weighted by atomic mass is 16.3. The Kier molecular flexibility index (Phi) is 7.28. The molecule has 1 unspecified atom stereocenters. The fourth-order valence-corrected chi connectivity index (χ4v) is 8.29. The Hall–Kier alpha value is -3.71. The third-order valence-corrected chi connectivity index (χ3v) is 10.2. The second-order valence-electron chi connectivity index (χ2n) is 14.1. The molecule has 1 fully saturated rings. The van der Waals surface area contributed by atoms with E-state index in [4.69, 9.17) is 0 Å². The van der Waals surface area contributed by atoms with Gasteiger partial charge in [-0.25, -0.2) is 0 Å². The number of benzene rings is 2. The van der Waals surface area contributed by atoms with Crippen LogP contribution in [0.5, 0.6) is 5.75 Å². The molecule has 228 valence electrons. The van der Waals surface area contributed by atoms with Gasteiger partial charge in [0.15, 0.2) is 17.2 Å². The highest BCUT2D eigenvalue weighted by molar-refractivity contribution is 6.24. The number of aliphatic hydroxyl groups excluding tert-OH is 2. The van der Waals surface area contributed by atoms with E-state index in [1.165, 1.54) is 11.6 Å². The van der Waals surface area contributed by atoms with Crippen molar-refractivity contribution in [1.82, 2.24) is 0 Å². The number of aryl methyl sites for hydroxylation is 1. The number of aromatic hydroxyl groups is 1. The van der Waals surface area contributed by atoms with Gasteiger partial charge in [-0.1, -0.05) is 71.9 Å². The molecule has 4 N–H and O–H groups in total. The predicted octanol–water partition coefficient (Wildman–Crippen LogP) is 6.45. The lowest BCUT2D eigenvalue weighted by molar-refractivity contribution is -0.178. The topological polar surface area (TPSA) is 132 Å². The number of aliphatic hydroxyl groups is 3. The summed E-state index contributed by atoms with van der Waals surface area (Å²) in [5.74, 6) is -4.65. The molecule has 3 aliphatic carbocycles. The number of ketones is 3. The Morgan fingerprint density at radius 3 is 2.16 bits per heavy atom. The number of phenolic OH excluding ortho intramolecular Hbond substituents is 1. The highest BCUT2D eigenvalue weighted by Gasteiger charge is 2.72. The average molecular weight is 587 g/mol. The summed E-state index contributed by atoms with van der Waals surface area (Å²) in [5.41, 5.74) is -2.17. The zero-order chi connectivity index (χ0) is 31.8. The summed E-state index contributed by atoms with van der Waals surface area (Å²) in [6, 6.07) is 11.5. The van der Waals surface area contributed by atoms with Gasteiger partial charge in [0.1, 0.15) is 22.8 Å². The van der Waals surface area contributed by atoms with E-state index in [1.807, 2.05) is 19.1 Å². The van der Waals surface area contributed by atoms with Crippen molar-refractivity contribution in [3.8, 4) is 16.9 Å². The van der Waals surface area contributed by atoms with Crippen molar-refractivity contribution in [2.45, 2.75) is 79.8 Å². The molecule has 0 radical (unpaired) electrons. The van der Waals surface area contributed by atoms with Crippen molar-refractivity contribution in [2.24, 2.45) is 28.6 Å². The number of carbonyl (C=O) groups excluding carboxylic acids is 3. The molecular formula is C36H42O7. The molecule has 7 heteroatoms. The Bertz CT molecular complexity index is 1610. The van der Waals surface area contributed by atoms with Gasteiger partial charge in [-0.15, -0.1) is 0 Å². The van der Waals surface area contributed by atoms with Crippen LogP contribution in [0.2, 0.25) is 0 Å². The molecule has 1 saturated carbocycles. The molecule has 0 amide bonds. The molecule has 43 heavy (non-hydrogen) atoms. The number of rotatable bonds is 6. The Labute approximate surface area is 253 Å². The van der Waals surface area contributed by atoms with Crippen LogP contribution in [0, 0.1) is 28.6 Å². The molecule has 0 bridgehead atoms. The number of allylic oxidation sites excluding steroid dienone is 1. The minimum Gasteiger partial charge on any atom is -0.508 e. The van der Waals surface area contributed by atoms with E-state index in [-0.39, 0.29) is 35.6 Å². The summed E-state index contributed by atoms with van der Waals surface area (Å²) in [5, 5.41) is 46.2. The second-order valence-corrected chi connectivity index (χ2v) is 14.1. The van der Waals surface area contributed by atoms with Gasteiger partial charge in [0.25, 0.3) is 0 Å². The third-order valence-electron chi connectivity index (χ3n) is 10.2. The quantitative estimate of drug-likeness (QED) is 0.286. The van der Waals surface area contributed by atoms with Gasteiger partial charge in [-0.2, -0.15) is 0 Å².